The summed E-state index contributed by atoms with van der Waals surface area (Å²) in [6, 6.07) is 15.8. The van der Waals surface area contributed by atoms with Crippen LogP contribution in [-0.4, -0.2) is 46.4 Å². The molecule has 0 amide bonds. The lowest BCUT2D eigenvalue weighted by atomic mass is 9.98. The fraction of sp³-hybridized carbons (Fsp3) is 0.261. The van der Waals surface area contributed by atoms with Gasteiger partial charge in [0.05, 0.1) is 5.69 Å². The Hall–Kier alpha value is -3.85. The zero-order valence-corrected chi connectivity index (χ0v) is 18.1. The molecule has 0 saturated heterocycles. The molecule has 3 N–H and O–H groups in total. The van der Waals surface area contributed by atoms with Crippen LogP contribution in [-0.2, 0) is 18.6 Å². The summed E-state index contributed by atoms with van der Waals surface area (Å²) in [5, 5.41) is 34.5. The Labute approximate surface area is 184 Å². The Balaban J connectivity index is 1.70. The van der Waals surface area contributed by atoms with Crippen LogP contribution in [0.4, 0.5) is 0 Å². The zero-order chi connectivity index (χ0) is 22.9. The first-order chi connectivity index (χ1) is 15.3. The number of aromatic nitrogens is 6. The number of benzene rings is 2. The first-order valence-corrected chi connectivity index (χ1v) is 10.3. The zero-order valence-electron chi connectivity index (χ0n) is 18.1. The van der Waals surface area contributed by atoms with Gasteiger partial charge in [-0.3, -0.25) is 0 Å². The molecule has 0 aliphatic heterocycles. The fourth-order valence-electron chi connectivity index (χ4n) is 3.89. The lowest BCUT2D eigenvalue weighted by Crippen LogP contribution is -2.25. The number of aryl methyl sites for hydroxylation is 1. The molecule has 0 saturated carbocycles. The summed E-state index contributed by atoms with van der Waals surface area (Å²) in [5.74, 6) is -0.0123. The first-order valence-electron chi connectivity index (χ1n) is 10.3. The van der Waals surface area contributed by atoms with E-state index in [-0.39, 0.29) is 5.69 Å². The molecular formula is C23H24N6O3. The van der Waals surface area contributed by atoms with Gasteiger partial charge in [-0.15, -0.1) is 10.2 Å². The SMILES string of the molecule is CCc1nc(C(=O)O)c(C(C)(C)O)n1Cc1ccc(-c2ccccc2-c2nn[nH]n2)cc1. The van der Waals surface area contributed by atoms with Gasteiger partial charge >= 0.3 is 5.97 Å². The maximum atomic E-state index is 11.7. The number of aromatic amines is 1. The number of tetrazole rings is 1. The van der Waals surface area contributed by atoms with E-state index in [9.17, 15) is 15.0 Å². The minimum Gasteiger partial charge on any atom is -0.476 e. The van der Waals surface area contributed by atoms with E-state index in [1.165, 1.54) is 0 Å². The number of hydrogen-bond donors (Lipinski definition) is 3. The molecule has 0 aliphatic rings. The number of H-pyrrole nitrogens is 1. The van der Waals surface area contributed by atoms with Crippen LogP contribution in [0.3, 0.4) is 0 Å². The van der Waals surface area contributed by atoms with Gasteiger partial charge in [0.1, 0.15) is 11.4 Å². The molecule has 0 fully saturated rings. The lowest BCUT2D eigenvalue weighted by Gasteiger charge is -2.22. The number of rotatable bonds is 7. The molecule has 2 heterocycles. The van der Waals surface area contributed by atoms with Gasteiger partial charge in [0.15, 0.2) is 5.69 Å². The highest BCUT2D eigenvalue weighted by atomic mass is 16.4. The topological polar surface area (TPSA) is 130 Å². The van der Waals surface area contributed by atoms with Crippen LogP contribution < -0.4 is 0 Å². The fourth-order valence-corrected chi connectivity index (χ4v) is 3.89. The number of nitrogens with one attached hydrogen (secondary N) is 1. The summed E-state index contributed by atoms with van der Waals surface area (Å²) >= 11 is 0. The number of aromatic carboxylic acids is 1. The van der Waals surface area contributed by atoms with Crippen LogP contribution in [0.2, 0.25) is 0 Å². The van der Waals surface area contributed by atoms with Crippen molar-refractivity contribution in [2.75, 3.05) is 0 Å². The molecule has 32 heavy (non-hydrogen) atoms. The largest absolute Gasteiger partial charge is 0.476 e. The van der Waals surface area contributed by atoms with E-state index >= 15 is 0 Å². The molecular weight excluding hydrogens is 408 g/mol. The summed E-state index contributed by atoms with van der Waals surface area (Å²) < 4.78 is 1.80. The maximum Gasteiger partial charge on any atom is 0.356 e. The van der Waals surface area contributed by atoms with Crippen molar-refractivity contribution in [2.24, 2.45) is 0 Å². The minimum atomic E-state index is -1.35. The number of nitrogens with zero attached hydrogens (tertiary/aromatic N) is 5. The van der Waals surface area contributed by atoms with E-state index in [2.05, 4.69) is 25.6 Å². The van der Waals surface area contributed by atoms with Crippen molar-refractivity contribution in [3.8, 4) is 22.5 Å². The summed E-state index contributed by atoms with van der Waals surface area (Å²) in [6.07, 6.45) is 0.548. The second kappa shape index (κ2) is 8.35. The number of carboxylic acids is 1. The predicted octanol–water partition coefficient (Wildman–Crippen LogP) is 3.27. The van der Waals surface area contributed by atoms with Gasteiger partial charge < -0.3 is 14.8 Å². The molecule has 2 aromatic carbocycles. The van der Waals surface area contributed by atoms with Crippen LogP contribution in [0, 0.1) is 0 Å². The molecule has 4 rings (SSSR count). The van der Waals surface area contributed by atoms with Crippen molar-refractivity contribution < 1.29 is 15.0 Å². The summed E-state index contributed by atoms with van der Waals surface area (Å²) in [7, 11) is 0. The minimum absolute atomic E-state index is 0.111. The van der Waals surface area contributed by atoms with Crippen molar-refractivity contribution >= 4 is 5.97 Å². The quantitative estimate of drug-likeness (QED) is 0.409. The van der Waals surface area contributed by atoms with E-state index in [1.54, 1.807) is 18.4 Å². The summed E-state index contributed by atoms with van der Waals surface area (Å²) in [5.41, 5.74) is 2.63. The summed E-state index contributed by atoms with van der Waals surface area (Å²) in [4.78, 5) is 16.0. The van der Waals surface area contributed by atoms with Crippen LogP contribution in [0.1, 0.15) is 48.3 Å². The van der Waals surface area contributed by atoms with Crippen LogP contribution >= 0.6 is 0 Å². The van der Waals surface area contributed by atoms with E-state index in [0.29, 0.717) is 30.3 Å². The molecule has 0 radical (unpaired) electrons. The van der Waals surface area contributed by atoms with Crippen molar-refractivity contribution in [1.82, 2.24) is 30.2 Å². The van der Waals surface area contributed by atoms with E-state index in [4.69, 9.17) is 0 Å². The molecule has 9 nitrogen and oxygen atoms in total. The number of carbonyl (C=O) groups is 1. The van der Waals surface area contributed by atoms with Crippen molar-refractivity contribution in [3.05, 3.63) is 71.3 Å². The summed E-state index contributed by atoms with van der Waals surface area (Å²) in [6.45, 7) is 5.46. The molecule has 9 heteroatoms. The van der Waals surface area contributed by atoms with Crippen molar-refractivity contribution in [1.29, 1.82) is 0 Å². The molecule has 0 atom stereocenters. The second-order valence-corrected chi connectivity index (χ2v) is 8.01. The van der Waals surface area contributed by atoms with Gasteiger partial charge in [-0.25, -0.2) is 9.78 Å². The standard InChI is InChI=1S/C23H24N6O3/c1-4-18-24-19(22(30)31)20(23(2,3)32)29(18)13-14-9-11-15(12-10-14)16-7-5-6-8-17(16)21-25-27-28-26-21/h5-12,32H,4,13H2,1-3H3,(H,30,31)(H,25,26,27,28). The van der Waals surface area contributed by atoms with E-state index in [1.807, 2.05) is 55.5 Å². The molecule has 0 spiro atoms. The predicted molar refractivity (Wildman–Crippen MR) is 118 cm³/mol. The highest BCUT2D eigenvalue weighted by Gasteiger charge is 2.31. The first kappa shape index (κ1) is 21.4. The Kier molecular flexibility index (Phi) is 5.58. The third-order valence-electron chi connectivity index (χ3n) is 5.26. The highest BCUT2D eigenvalue weighted by Crippen LogP contribution is 2.31. The Bertz CT molecular complexity index is 1240. The van der Waals surface area contributed by atoms with E-state index < -0.39 is 11.6 Å². The van der Waals surface area contributed by atoms with E-state index in [0.717, 1.165) is 22.3 Å². The number of imidazole rings is 1. The maximum absolute atomic E-state index is 11.7. The molecule has 0 aliphatic carbocycles. The molecule has 2 aromatic heterocycles. The van der Waals surface area contributed by atoms with Crippen molar-refractivity contribution in [3.63, 3.8) is 0 Å². The van der Waals surface area contributed by atoms with Crippen LogP contribution in [0.15, 0.2) is 48.5 Å². The monoisotopic (exact) mass is 432 g/mol. The lowest BCUT2D eigenvalue weighted by molar-refractivity contribution is 0.0588. The Morgan fingerprint density at radius 3 is 2.34 bits per heavy atom. The molecule has 164 valence electrons. The van der Waals surface area contributed by atoms with Gasteiger partial charge in [0.2, 0.25) is 5.82 Å². The number of hydrogen-bond acceptors (Lipinski definition) is 6. The highest BCUT2D eigenvalue weighted by molar-refractivity contribution is 5.87. The third-order valence-corrected chi connectivity index (χ3v) is 5.26. The average Bonchev–Trinajstić information content (AvgIpc) is 3.42. The van der Waals surface area contributed by atoms with Gasteiger partial charge in [-0.05, 0) is 35.8 Å². The van der Waals surface area contributed by atoms with Crippen LogP contribution in [0.25, 0.3) is 22.5 Å². The number of carboxylic acid groups (broad SMARTS) is 1. The Morgan fingerprint density at radius 1 is 1.09 bits per heavy atom. The Morgan fingerprint density at radius 2 is 1.78 bits per heavy atom. The van der Waals surface area contributed by atoms with Gasteiger partial charge in [-0.2, -0.15) is 5.21 Å². The molecule has 0 unspecified atom stereocenters. The third kappa shape index (κ3) is 4.02. The van der Waals surface area contributed by atoms with Crippen molar-refractivity contribution in [2.45, 2.75) is 39.3 Å². The smallest absolute Gasteiger partial charge is 0.356 e. The van der Waals surface area contributed by atoms with Gasteiger partial charge in [0, 0.05) is 18.5 Å². The second-order valence-electron chi connectivity index (χ2n) is 8.01. The normalized spacial score (nSPS) is 11.6. The average molecular weight is 432 g/mol. The van der Waals surface area contributed by atoms with Gasteiger partial charge in [0.25, 0.3) is 0 Å². The van der Waals surface area contributed by atoms with Gasteiger partial charge in [-0.1, -0.05) is 55.5 Å². The number of aliphatic hydroxyl groups is 1. The molecule has 0 bridgehead atoms. The molecule has 4 aromatic rings. The van der Waals surface area contributed by atoms with Crippen LogP contribution in [0.5, 0.6) is 0 Å².